The minimum absolute atomic E-state index is 0.0155. The van der Waals surface area contributed by atoms with Gasteiger partial charge >= 0.3 is 0 Å². The van der Waals surface area contributed by atoms with Gasteiger partial charge in [0.25, 0.3) is 11.6 Å². The van der Waals surface area contributed by atoms with Crippen LogP contribution in [0.1, 0.15) is 10.6 Å². The average Bonchev–Trinajstić information content (AvgIpc) is 3.56. The first kappa shape index (κ1) is 22.5. The van der Waals surface area contributed by atoms with Crippen LogP contribution in [0, 0.1) is 10.1 Å². The summed E-state index contributed by atoms with van der Waals surface area (Å²) in [5.74, 6) is 0.175. The monoisotopic (exact) mass is 509 g/mol. The summed E-state index contributed by atoms with van der Waals surface area (Å²) < 4.78 is 11.6. The second-order valence-electron chi connectivity index (χ2n) is 8.23. The lowest BCUT2D eigenvalue weighted by Gasteiger charge is -2.04. The second-order valence-corrected chi connectivity index (χ2v) is 8.64. The number of para-hydroxylation sites is 1. The topological polar surface area (TPSA) is 111 Å². The number of hydrogen-bond acceptors (Lipinski definition) is 6. The van der Waals surface area contributed by atoms with E-state index in [1.807, 2.05) is 36.4 Å². The summed E-state index contributed by atoms with van der Waals surface area (Å²) >= 11 is 6.34. The molecular formula is C28H16ClN3O5. The first-order chi connectivity index (χ1) is 18.0. The lowest BCUT2D eigenvalue weighted by Crippen LogP contribution is -2.10. The molecule has 0 bridgehead atoms. The fraction of sp³-hybridized carbons (Fsp3) is 0. The smallest absolute Gasteiger partial charge is 0.291 e. The molecule has 2 heterocycles. The predicted octanol–water partition coefficient (Wildman–Crippen LogP) is 7.72. The van der Waals surface area contributed by atoms with E-state index in [1.54, 1.807) is 36.4 Å². The number of fused-ring (bicyclic) bond motifs is 2. The van der Waals surface area contributed by atoms with Gasteiger partial charge in [-0.2, -0.15) is 0 Å². The molecular weight excluding hydrogens is 494 g/mol. The van der Waals surface area contributed by atoms with Gasteiger partial charge in [0.1, 0.15) is 11.3 Å². The number of aromatic nitrogens is 1. The van der Waals surface area contributed by atoms with Crippen LogP contribution in [0.3, 0.4) is 0 Å². The zero-order valence-electron chi connectivity index (χ0n) is 19.0. The van der Waals surface area contributed by atoms with Crippen molar-refractivity contribution in [3.63, 3.8) is 0 Å². The molecule has 0 aliphatic carbocycles. The standard InChI is InChI=1S/C28H16ClN3O5/c29-21-9-4-6-17-18(21)7-3-8-19(17)28-31-22-15-16(11-12-25(22)37-28)30-27(33)26-14-13-24(36-26)20-5-1-2-10-23(20)32(34)35/h1-15H,(H,30,33). The number of nitrogens with zero attached hydrogens (tertiary/aromatic N) is 2. The SMILES string of the molecule is O=C(Nc1ccc2oc(-c3cccc4c(Cl)cccc34)nc2c1)c1ccc(-c2ccccc2[N+](=O)[O-])o1. The summed E-state index contributed by atoms with van der Waals surface area (Å²) in [5.41, 5.74) is 2.60. The molecule has 0 saturated heterocycles. The lowest BCUT2D eigenvalue weighted by atomic mass is 10.0. The number of nitro groups is 1. The highest BCUT2D eigenvalue weighted by molar-refractivity contribution is 6.35. The van der Waals surface area contributed by atoms with Crippen molar-refractivity contribution in [2.24, 2.45) is 0 Å². The minimum atomic E-state index is -0.503. The molecule has 2 aromatic heterocycles. The number of benzene rings is 4. The highest BCUT2D eigenvalue weighted by atomic mass is 35.5. The van der Waals surface area contributed by atoms with E-state index < -0.39 is 10.8 Å². The molecule has 0 spiro atoms. The molecule has 180 valence electrons. The predicted molar refractivity (Wildman–Crippen MR) is 141 cm³/mol. The summed E-state index contributed by atoms with van der Waals surface area (Å²) in [6.45, 7) is 0. The van der Waals surface area contributed by atoms with E-state index in [0.717, 1.165) is 16.3 Å². The Morgan fingerprint density at radius 2 is 1.65 bits per heavy atom. The van der Waals surface area contributed by atoms with E-state index in [-0.39, 0.29) is 22.8 Å². The number of hydrogen-bond donors (Lipinski definition) is 1. The summed E-state index contributed by atoms with van der Waals surface area (Å²) in [7, 11) is 0. The molecule has 8 nitrogen and oxygen atoms in total. The number of oxazole rings is 1. The number of halogens is 1. The number of nitro benzene ring substituents is 1. The number of anilines is 1. The Bertz CT molecular complexity index is 1840. The van der Waals surface area contributed by atoms with Gasteiger partial charge in [0, 0.05) is 27.7 Å². The van der Waals surface area contributed by atoms with Crippen molar-refractivity contribution in [1.82, 2.24) is 4.98 Å². The van der Waals surface area contributed by atoms with Crippen molar-refractivity contribution in [3.05, 3.63) is 112 Å². The molecule has 0 atom stereocenters. The third-order valence-electron chi connectivity index (χ3n) is 5.94. The summed E-state index contributed by atoms with van der Waals surface area (Å²) in [5, 5.41) is 16.6. The number of carbonyl (C=O) groups is 1. The molecule has 6 rings (SSSR count). The van der Waals surface area contributed by atoms with Crippen LogP contribution in [0.4, 0.5) is 11.4 Å². The van der Waals surface area contributed by atoms with Crippen molar-refractivity contribution in [2.45, 2.75) is 0 Å². The molecule has 9 heteroatoms. The molecule has 1 N–H and O–H groups in total. The zero-order valence-corrected chi connectivity index (χ0v) is 19.7. The first-order valence-electron chi connectivity index (χ1n) is 11.2. The molecule has 4 aromatic carbocycles. The van der Waals surface area contributed by atoms with E-state index in [1.165, 1.54) is 18.2 Å². The van der Waals surface area contributed by atoms with Gasteiger partial charge in [-0.15, -0.1) is 0 Å². The van der Waals surface area contributed by atoms with Crippen molar-refractivity contribution in [3.8, 4) is 22.8 Å². The molecule has 0 aliphatic heterocycles. The Morgan fingerprint density at radius 1 is 0.865 bits per heavy atom. The van der Waals surface area contributed by atoms with Gasteiger partial charge in [-0.3, -0.25) is 14.9 Å². The number of furan rings is 1. The highest BCUT2D eigenvalue weighted by Gasteiger charge is 2.20. The number of nitrogens with one attached hydrogen (secondary N) is 1. The quantitative estimate of drug-likeness (QED) is 0.188. The van der Waals surface area contributed by atoms with Crippen molar-refractivity contribution < 1.29 is 18.6 Å². The fourth-order valence-electron chi connectivity index (χ4n) is 4.22. The average molecular weight is 510 g/mol. The van der Waals surface area contributed by atoms with Crippen LogP contribution in [0.5, 0.6) is 0 Å². The molecule has 0 aliphatic rings. The Kier molecular flexibility index (Phi) is 5.43. The van der Waals surface area contributed by atoms with E-state index in [0.29, 0.717) is 27.7 Å². The molecule has 1 amide bonds. The molecule has 0 radical (unpaired) electrons. The molecule has 0 saturated carbocycles. The second kappa shape index (κ2) is 8.92. The number of carbonyl (C=O) groups excluding carboxylic acids is 1. The van der Waals surface area contributed by atoms with Crippen molar-refractivity contribution in [2.75, 3.05) is 5.32 Å². The van der Waals surface area contributed by atoms with Crippen LogP contribution in [-0.2, 0) is 0 Å². The van der Waals surface area contributed by atoms with Gasteiger partial charge in [-0.1, -0.05) is 48.0 Å². The fourth-order valence-corrected chi connectivity index (χ4v) is 4.45. The molecule has 0 unspecified atom stereocenters. The third-order valence-corrected chi connectivity index (χ3v) is 6.27. The van der Waals surface area contributed by atoms with E-state index in [2.05, 4.69) is 10.3 Å². The maximum atomic E-state index is 12.8. The number of amides is 1. The number of rotatable bonds is 5. The van der Waals surface area contributed by atoms with Gasteiger partial charge < -0.3 is 14.2 Å². The third kappa shape index (κ3) is 4.09. The van der Waals surface area contributed by atoms with Crippen LogP contribution in [0.15, 0.2) is 99.8 Å². The Morgan fingerprint density at radius 3 is 2.51 bits per heavy atom. The normalized spacial score (nSPS) is 11.2. The zero-order chi connectivity index (χ0) is 25.5. The summed E-state index contributed by atoms with van der Waals surface area (Å²) in [6, 6.07) is 25.7. The highest BCUT2D eigenvalue weighted by Crippen LogP contribution is 2.34. The van der Waals surface area contributed by atoms with Crippen LogP contribution in [0.2, 0.25) is 5.02 Å². The molecule has 37 heavy (non-hydrogen) atoms. The van der Waals surface area contributed by atoms with Crippen LogP contribution in [-0.4, -0.2) is 15.8 Å². The molecule has 0 fully saturated rings. The van der Waals surface area contributed by atoms with Crippen LogP contribution in [0.25, 0.3) is 44.7 Å². The van der Waals surface area contributed by atoms with Gasteiger partial charge in [-0.25, -0.2) is 4.98 Å². The minimum Gasteiger partial charge on any atom is -0.451 e. The van der Waals surface area contributed by atoms with Crippen LogP contribution >= 0.6 is 11.6 Å². The Balaban J connectivity index is 1.28. The van der Waals surface area contributed by atoms with Gasteiger partial charge in [0.15, 0.2) is 11.3 Å². The van der Waals surface area contributed by atoms with Crippen molar-refractivity contribution >= 4 is 50.8 Å². The van der Waals surface area contributed by atoms with Gasteiger partial charge in [0.2, 0.25) is 5.89 Å². The summed E-state index contributed by atoms with van der Waals surface area (Å²) in [6.07, 6.45) is 0. The Hall–Kier alpha value is -4.95. The maximum Gasteiger partial charge on any atom is 0.291 e. The Labute approximate surface area is 214 Å². The van der Waals surface area contributed by atoms with Crippen LogP contribution < -0.4 is 5.32 Å². The maximum absolute atomic E-state index is 12.8. The summed E-state index contributed by atoms with van der Waals surface area (Å²) in [4.78, 5) is 28.3. The van der Waals surface area contributed by atoms with Gasteiger partial charge in [0.05, 0.1) is 10.5 Å². The lowest BCUT2D eigenvalue weighted by molar-refractivity contribution is -0.384. The van der Waals surface area contributed by atoms with E-state index in [4.69, 9.17) is 20.4 Å². The van der Waals surface area contributed by atoms with E-state index in [9.17, 15) is 14.9 Å². The van der Waals surface area contributed by atoms with E-state index >= 15 is 0 Å². The molecule has 6 aromatic rings. The van der Waals surface area contributed by atoms with Gasteiger partial charge in [-0.05, 0) is 53.9 Å². The van der Waals surface area contributed by atoms with Crippen molar-refractivity contribution in [1.29, 1.82) is 0 Å². The largest absolute Gasteiger partial charge is 0.451 e. The first-order valence-corrected chi connectivity index (χ1v) is 11.6.